The van der Waals surface area contributed by atoms with Crippen LogP contribution < -0.4 is 0 Å². The van der Waals surface area contributed by atoms with Gasteiger partial charge in [0.1, 0.15) is 12.6 Å². The van der Waals surface area contributed by atoms with Crippen molar-refractivity contribution in [3.8, 4) is 11.1 Å². The fourth-order valence-corrected chi connectivity index (χ4v) is 3.82. The van der Waals surface area contributed by atoms with Crippen molar-refractivity contribution in [1.82, 2.24) is 4.90 Å². The SMILES string of the molecule is CC[C@H](C)[C@H](C(=O)O)N(C)C(=O)OCC1c2ccccc2-c2ccccc21. The molecule has 2 aromatic carbocycles. The molecule has 0 saturated carbocycles. The van der Waals surface area contributed by atoms with Crippen LogP contribution in [-0.4, -0.2) is 41.8 Å². The maximum Gasteiger partial charge on any atom is 0.410 e. The number of hydrogen-bond donors (Lipinski definition) is 1. The lowest BCUT2D eigenvalue weighted by molar-refractivity contribution is -0.144. The highest BCUT2D eigenvalue weighted by molar-refractivity contribution is 5.81. The normalized spacial score (nSPS) is 14.8. The number of amides is 1. The van der Waals surface area contributed by atoms with Crippen molar-refractivity contribution in [2.45, 2.75) is 32.2 Å². The van der Waals surface area contributed by atoms with E-state index in [9.17, 15) is 14.7 Å². The second-order valence-corrected chi connectivity index (χ2v) is 7.08. The molecule has 27 heavy (non-hydrogen) atoms. The molecule has 0 saturated heterocycles. The first-order valence-corrected chi connectivity index (χ1v) is 9.26. The summed E-state index contributed by atoms with van der Waals surface area (Å²) in [7, 11) is 1.49. The lowest BCUT2D eigenvalue weighted by atomic mass is 9.98. The van der Waals surface area contributed by atoms with Crippen molar-refractivity contribution in [1.29, 1.82) is 0 Å². The predicted molar refractivity (Wildman–Crippen MR) is 104 cm³/mol. The number of rotatable bonds is 6. The van der Waals surface area contributed by atoms with Crippen LogP contribution in [0, 0.1) is 5.92 Å². The number of carbonyl (C=O) groups is 2. The predicted octanol–water partition coefficient (Wildman–Crippen LogP) is 4.37. The second kappa shape index (κ2) is 7.82. The number of hydrogen-bond acceptors (Lipinski definition) is 3. The van der Waals surface area contributed by atoms with Gasteiger partial charge in [-0.05, 0) is 28.2 Å². The van der Waals surface area contributed by atoms with Gasteiger partial charge in [-0.25, -0.2) is 9.59 Å². The number of fused-ring (bicyclic) bond motifs is 3. The molecule has 0 spiro atoms. The van der Waals surface area contributed by atoms with Crippen molar-refractivity contribution < 1.29 is 19.4 Å². The topological polar surface area (TPSA) is 66.8 Å². The Morgan fingerprint density at radius 1 is 1.07 bits per heavy atom. The van der Waals surface area contributed by atoms with Crippen molar-refractivity contribution in [3.63, 3.8) is 0 Å². The maximum absolute atomic E-state index is 12.5. The Bertz CT molecular complexity index is 802. The van der Waals surface area contributed by atoms with Crippen LogP contribution >= 0.6 is 0 Å². The van der Waals surface area contributed by atoms with Crippen molar-refractivity contribution >= 4 is 12.1 Å². The van der Waals surface area contributed by atoms with E-state index in [4.69, 9.17) is 4.74 Å². The summed E-state index contributed by atoms with van der Waals surface area (Å²) in [6, 6.07) is 15.3. The van der Waals surface area contributed by atoms with Gasteiger partial charge in [-0.3, -0.25) is 4.90 Å². The summed E-state index contributed by atoms with van der Waals surface area (Å²) in [5, 5.41) is 9.48. The smallest absolute Gasteiger partial charge is 0.410 e. The Labute approximate surface area is 159 Å². The molecular formula is C22H25NO4. The summed E-state index contributed by atoms with van der Waals surface area (Å²) < 4.78 is 5.55. The first-order valence-electron chi connectivity index (χ1n) is 9.26. The van der Waals surface area contributed by atoms with Gasteiger partial charge in [-0.2, -0.15) is 0 Å². The Morgan fingerprint density at radius 3 is 2.07 bits per heavy atom. The fraction of sp³-hybridized carbons (Fsp3) is 0.364. The average molecular weight is 367 g/mol. The first-order chi connectivity index (χ1) is 13.0. The third kappa shape index (κ3) is 3.54. The number of carboxylic acids is 1. The highest BCUT2D eigenvalue weighted by Gasteiger charge is 2.33. The molecule has 0 aromatic heterocycles. The second-order valence-electron chi connectivity index (χ2n) is 7.08. The molecule has 0 aliphatic heterocycles. The summed E-state index contributed by atoms with van der Waals surface area (Å²) in [6.45, 7) is 3.92. The van der Waals surface area contributed by atoms with E-state index >= 15 is 0 Å². The molecule has 3 rings (SSSR count). The Kier molecular flexibility index (Phi) is 5.49. The molecule has 5 heteroatoms. The van der Waals surface area contributed by atoms with E-state index in [1.165, 1.54) is 11.9 Å². The van der Waals surface area contributed by atoms with Crippen LogP contribution in [-0.2, 0) is 9.53 Å². The van der Waals surface area contributed by atoms with Crippen LogP contribution in [0.15, 0.2) is 48.5 Å². The summed E-state index contributed by atoms with van der Waals surface area (Å²) >= 11 is 0. The van der Waals surface area contributed by atoms with Crippen molar-refractivity contribution in [2.75, 3.05) is 13.7 Å². The highest BCUT2D eigenvalue weighted by atomic mass is 16.6. The lowest BCUT2D eigenvalue weighted by Crippen LogP contribution is -2.46. The summed E-state index contributed by atoms with van der Waals surface area (Å²) in [6.07, 6.45) is 0.0578. The third-order valence-corrected chi connectivity index (χ3v) is 5.48. The largest absolute Gasteiger partial charge is 0.480 e. The number of ether oxygens (including phenoxy) is 1. The summed E-state index contributed by atoms with van der Waals surface area (Å²) in [4.78, 5) is 25.3. The molecule has 5 nitrogen and oxygen atoms in total. The summed E-state index contributed by atoms with van der Waals surface area (Å²) in [5.41, 5.74) is 4.58. The van der Waals surface area contributed by atoms with Crippen LogP contribution in [0.25, 0.3) is 11.1 Å². The molecule has 1 amide bonds. The molecule has 1 aliphatic carbocycles. The van der Waals surface area contributed by atoms with Crippen molar-refractivity contribution in [3.05, 3.63) is 59.7 Å². The van der Waals surface area contributed by atoms with E-state index in [1.54, 1.807) is 0 Å². The quantitative estimate of drug-likeness (QED) is 0.823. The molecule has 142 valence electrons. The van der Waals surface area contributed by atoms with Gasteiger partial charge in [0.2, 0.25) is 0 Å². The zero-order chi connectivity index (χ0) is 19.6. The van der Waals surface area contributed by atoms with Gasteiger partial charge in [0.25, 0.3) is 0 Å². The fourth-order valence-electron chi connectivity index (χ4n) is 3.82. The van der Waals surface area contributed by atoms with E-state index in [-0.39, 0.29) is 18.4 Å². The number of aliphatic carboxylic acids is 1. The van der Waals surface area contributed by atoms with Gasteiger partial charge in [-0.15, -0.1) is 0 Å². The third-order valence-electron chi connectivity index (χ3n) is 5.48. The maximum atomic E-state index is 12.5. The molecule has 0 bridgehead atoms. The monoisotopic (exact) mass is 367 g/mol. The van der Waals surface area contributed by atoms with Crippen molar-refractivity contribution in [2.24, 2.45) is 5.92 Å². The van der Waals surface area contributed by atoms with E-state index in [1.807, 2.05) is 38.1 Å². The van der Waals surface area contributed by atoms with Gasteiger partial charge < -0.3 is 9.84 Å². The zero-order valence-electron chi connectivity index (χ0n) is 15.9. The Balaban J connectivity index is 1.77. The lowest BCUT2D eigenvalue weighted by Gasteiger charge is -2.28. The highest BCUT2D eigenvalue weighted by Crippen LogP contribution is 2.44. The molecule has 2 aromatic rings. The van der Waals surface area contributed by atoms with Crippen LogP contribution in [0.2, 0.25) is 0 Å². The minimum absolute atomic E-state index is 0.0402. The minimum atomic E-state index is -1.01. The molecule has 0 unspecified atom stereocenters. The van der Waals surface area contributed by atoms with Crippen LogP contribution in [0.4, 0.5) is 4.79 Å². The average Bonchev–Trinajstić information content (AvgIpc) is 2.99. The van der Waals surface area contributed by atoms with E-state index in [2.05, 4.69) is 24.3 Å². The molecule has 1 N–H and O–H groups in total. The van der Waals surface area contributed by atoms with Gasteiger partial charge in [0, 0.05) is 13.0 Å². The van der Waals surface area contributed by atoms with Gasteiger partial charge in [0.05, 0.1) is 0 Å². The number of likely N-dealkylation sites (N-methyl/N-ethyl adjacent to an activating group) is 1. The van der Waals surface area contributed by atoms with E-state index < -0.39 is 18.1 Å². The minimum Gasteiger partial charge on any atom is -0.480 e. The summed E-state index contributed by atoms with van der Waals surface area (Å²) in [5.74, 6) is -1.21. The molecular weight excluding hydrogens is 342 g/mol. The molecule has 2 atom stereocenters. The number of benzene rings is 2. The van der Waals surface area contributed by atoms with E-state index in [0.717, 1.165) is 22.3 Å². The number of carboxylic acid groups (broad SMARTS) is 1. The van der Waals surface area contributed by atoms with E-state index in [0.29, 0.717) is 6.42 Å². The van der Waals surface area contributed by atoms with Gasteiger partial charge in [-0.1, -0.05) is 68.8 Å². The Morgan fingerprint density at radius 2 is 1.59 bits per heavy atom. The molecule has 1 aliphatic rings. The Hall–Kier alpha value is -2.82. The van der Waals surface area contributed by atoms with Crippen LogP contribution in [0.5, 0.6) is 0 Å². The molecule has 0 fully saturated rings. The molecule has 0 radical (unpaired) electrons. The molecule has 0 heterocycles. The standard InChI is InChI=1S/C22H25NO4/c1-4-14(2)20(21(24)25)23(3)22(26)27-13-19-17-11-7-5-9-15(17)16-10-6-8-12-18(16)19/h5-12,14,19-20H,4,13H2,1-3H3,(H,24,25)/t14-,20+/m0/s1. The van der Waals surface area contributed by atoms with Crippen LogP contribution in [0.1, 0.15) is 37.3 Å². The number of carbonyl (C=O) groups excluding carboxylic acids is 1. The van der Waals surface area contributed by atoms with Gasteiger partial charge >= 0.3 is 12.1 Å². The number of nitrogens with zero attached hydrogens (tertiary/aromatic N) is 1. The zero-order valence-corrected chi connectivity index (χ0v) is 15.9. The van der Waals surface area contributed by atoms with Crippen LogP contribution in [0.3, 0.4) is 0 Å². The first kappa shape index (κ1) is 19.0. The van der Waals surface area contributed by atoms with Gasteiger partial charge in [0.15, 0.2) is 0 Å².